The molecule has 0 N–H and O–H groups in total. The van der Waals surface area contributed by atoms with E-state index in [1.165, 1.54) is 146 Å². The van der Waals surface area contributed by atoms with Crippen molar-refractivity contribution in [3.8, 4) is 0 Å². The van der Waals surface area contributed by atoms with Gasteiger partial charge in [-0.05, 0) is 263 Å². The third-order valence-electron chi connectivity index (χ3n) is 28.1. The number of hydrogen-bond acceptors (Lipinski definition) is 7. The Morgan fingerprint density at radius 3 is 0.743 bits per heavy atom. The van der Waals surface area contributed by atoms with E-state index < -0.39 is 0 Å². The maximum Gasteiger partial charge on any atom is 0.0553 e. The molecule has 105 heavy (non-hydrogen) atoms. The highest BCUT2D eigenvalue weighted by Crippen LogP contribution is 2.65. The summed E-state index contributed by atoms with van der Waals surface area (Å²) < 4.78 is 0. The minimum atomic E-state index is 0.491. The summed E-state index contributed by atoms with van der Waals surface area (Å²) in [7, 11) is 0. The van der Waals surface area contributed by atoms with Crippen LogP contribution in [0.15, 0.2) is 158 Å². The number of aromatic nitrogens is 1. The zero-order valence-corrected chi connectivity index (χ0v) is 69.5. The Bertz CT molecular complexity index is 3700. The molecule has 6 aromatic carbocycles. The van der Waals surface area contributed by atoms with E-state index in [0.717, 1.165) is 112 Å². The standard InChI is InChI=1S/C19H23N.4C16H23N.C15H22N2/c1-19(2,3)18-16-11-20(12-17(16)18)15-9-8-13-6-4-5-7-14(13)10-15;3*1-11-5-7-12(8-6-11)17-9-13-14(10-17)15(13)16(2,3)4;1-11-6-5-7-12(8-11)17-9-13-14(10-17)15(13)16(2,3)4;1-10-5-6-11(7-16-10)17-8-12-13(9-17)14(12)15(2,3)4/h4-10,16-18H,11-12H2,1-3H3;4*5-8,13-15H,9-10H2,1-4H3;5-7,12-14H,8-9H2,1-4H3. The van der Waals surface area contributed by atoms with Crippen LogP contribution >= 0.6 is 0 Å². The summed E-state index contributed by atoms with van der Waals surface area (Å²) in [5.74, 6) is 17.1. The van der Waals surface area contributed by atoms with Gasteiger partial charge in [-0.3, -0.25) is 4.98 Å². The molecule has 1 aromatic heterocycles. The van der Waals surface area contributed by atoms with Crippen LogP contribution in [0.25, 0.3) is 10.8 Å². The van der Waals surface area contributed by atoms with Crippen LogP contribution in [0.4, 0.5) is 34.1 Å². The van der Waals surface area contributed by atoms with Gasteiger partial charge in [0, 0.05) is 113 Å². The molecular weight excluding hydrogens is 1280 g/mol. The first-order chi connectivity index (χ1) is 49.4. The van der Waals surface area contributed by atoms with Gasteiger partial charge in [-0.15, -0.1) is 0 Å². The molecule has 12 aliphatic rings. The van der Waals surface area contributed by atoms with Gasteiger partial charge >= 0.3 is 0 Å². The maximum atomic E-state index is 4.39. The van der Waals surface area contributed by atoms with Crippen LogP contribution < -0.4 is 29.4 Å². The fraction of sp³-hybridized carbons (Fsp3) is 0.602. The van der Waals surface area contributed by atoms with Crippen LogP contribution in [0.5, 0.6) is 0 Å². The van der Waals surface area contributed by atoms with E-state index in [0.29, 0.717) is 32.5 Å². The van der Waals surface area contributed by atoms with Crippen molar-refractivity contribution < 1.29 is 0 Å². The second kappa shape index (κ2) is 28.2. The second-order valence-corrected chi connectivity index (χ2v) is 42.3. The second-order valence-electron chi connectivity index (χ2n) is 42.3. The van der Waals surface area contributed by atoms with Gasteiger partial charge in [-0.1, -0.05) is 220 Å². The lowest BCUT2D eigenvalue weighted by Crippen LogP contribution is -2.27. The monoisotopic (exact) mass is 1410 g/mol. The molecule has 0 bridgehead atoms. The Balaban J connectivity index is 0.000000106. The Labute approximate surface area is 638 Å². The van der Waals surface area contributed by atoms with Crippen LogP contribution in [-0.2, 0) is 0 Å². The molecule has 564 valence electrons. The number of fused-ring (bicyclic) bond motifs is 7. The number of piperidine rings is 6. The summed E-state index contributed by atoms with van der Waals surface area (Å²) in [4.78, 5) is 19.8. The maximum absolute atomic E-state index is 4.39. The Morgan fingerprint density at radius 2 is 0.476 bits per heavy atom. The van der Waals surface area contributed by atoms with Crippen LogP contribution in [0.2, 0.25) is 0 Å². The molecule has 12 fully saturated rings. The number of rotatable bonds is 6. The highest BCUT2D eigenvalue weighted by molar-refractivity contribution is 5.86. The molecule has 7 aromatic rings. The van der Waals surface area contributed by atoms with Crippen molar-refractivity contribution in [2.24, 2.45) is 139 Å². The molecule has 6 aliphatic carbocycles. The Hall–Kier alpha value is -6.47. The van der Waals surface area contributed by atoms with Crippen molar-refractivity contribution in [3.05, 3.63) is 186 Å². The number of anilines is 6. The molecule has 6 saturated heterocycles. The SMILES string of the molecule is CC(C)(C)C1C2CN(c3ccc4ccccc4c3)CC21.Cc1ccc(N2CC3C(C2)C3C(C)(C)C)cc1.Cc1ccc(N2CC3C(C2)C3C(C)(C)C)cc1.Cc1ccc(N2CC3C(C2)C3C(C)(C)C)cc1.Cc1ccc(N2CC3C(C2)C3C(C)(C)C)cn1.Cc1cccc(N2CC3C(C2)C3C(C)(C)C)c1. The van der Waals surface area contributed by atoms with Crippen molar-refractivity contribution in [2.45, 2.75) is 159 Å². The van der Waals surface area contributed by atoms with E-state index in [-0.39, 0.29) is 0 Å². The van der Waals surface area contributed by atoms with E-state index in [9.17, 15) is 0 Å². The molecule has 0 spiro atoms. The summed E-state index contributed by atoms with van der Waals surface area (Å²) in [6.07, 6.45) is 2.02. The summed E-state index contributed by atoms with van der Waals surface area (Å²) in [5, 5.41) is 2.70. The van der Waals surface area contributed by atoms with Crippen molar-refractivity contribution in [1.29, 1.82) is 0 Å². The van der Waals surface area contributed by atoms with Crippen LogP contribution in [-0.4, -0.2) is 83.5 Å². The van der Waals surface area contributed by atoms with Gasteiger partial charge < -0.3 is 29.4 Å². The predicted octanol–water partition coefficient (Wildman–Crippen LogP) is 22.6. The Kier molecular flexibility index (Phi) is 20.2. The molecule has 7 heteroatoms. The van der Waals surface area contributed by atoms with Gasteiger partial charge in [0.1, 0.15) is 0 Å². The fourth-order valence-corrected chi connectivity index (χ4v) is 23.2. The lowest BCUT2D eigenvalue weighted by atomic mass is 9.87. The summed E-state index contributed by atoms with van der Waals surface area (Å²) in [6.45, 7) is 68.9. The average molecular weight is 1410 g/mol. The van der Waals surface area contributed by atoms with Gasteiger partial charge in [0.25, 0.3) is 0 Å². The minimum Gasteiger partial charge on any atom is -0.371 e. The van der Waals surface area contributed by atoms with Crippen molar-refractivity contribution >= 4 is 44.9 Å². The fourth-order valence-electron chi connectivity index (χ4n) is 23.2. The molecule has 12 unspecified atom stereocenters. The average Bonchev–Trinajstić information content (AvgIpc) is 1.60. The first-order valence-corrected chi connectivity index (χ1v) is 41.5. The molecule has 6 aliphatic heterocycles. The molecule has 0 amide bonds. The smallest absolute Gasteiger partial charge is 0.0553 e. The van der Waals surface area contributed by atoms with Gasteiger partial charge in [0.05, 0.1) is 11.9 Å². The van der Waals surface area contributed by atoms with Gasteiger partial charge in [0.15, 0.2) is 0 Å². The van der Waals surface area contributed by atoms with Gasteiger partial charge in [-0.25, -0.2) is 0 Å². The van der Waals surface area contributed by atoms with E-state index in [1.54, 1.807) is 0 Å². The molecule has 7 heterocycles. The van der Waals surface area contributed by atoms with E-state index in [1.807, 2.05) is 13.1 Å². The lowest BCUT2D eigenvalue weighted by molar-refractivity contribution is 0.309. The zero-order chi connectivity index (χ0) is 74.9. The number of hydrogen-bond donors (Lipinski definition) is 0. The Morgan fingerprint density at radius 1 is 0.229 bits per heavy atom. The predicted molar refractivity (Wildman–Crippen MR) is 450 cm³/mol. The van der Waals surface area contributed by atoms with E-state index in [4.69, 9.17) is 0 Å². The third kappa shape index (κ3) is 16.6. The zero-order valence-electron chi connectivity index (χ0n) is 69.5. The normalized spacial score (nSPS) is 31.0. The van der Waals surface area contributed by atoms with Gasteiger partial charge in [0.2, 0.25) is 0 Å². The largest absolute Gasteiger partial charge is 0.371 e. The van der Waals surface area contributed by atoms with Crippen LogP contribution in [0.1, 0.15) is 153 Å². The summed E-state index contributed by atoms with van der Waals surface area (Å²) in [5.41, 5.74) is 17.9. The lowest BCUT2D eigenvalue weighted by Gasteiger charge is -2.27. The first-order valence-electron chi connectivity index (χ1n) is 41.5. The van der Waals surface area contributed by atoms with Crippen LogP contribution in [0.3, 0.4) is 0 Å². The van der Waals surface area contributed by atoms with Crippen molar-refractivity contribution in [1.82, 2.24) is 4.98 Å². The molecule has 7 nitrogen and oxygen atoms in total. The van der Waals surface area contributed by atoms with Crippen molar-refractivity contribution in [3.63, 3.8) is 0 Å². The van der Waals surface area contributed by atoms with Crippen molar-refractivity contribution in [2.75, 3.05) is 108 Å². The molecule has 0 radical (unpaired) electrons. The number of nitrogens with zero attached hydrogens (tertiary/aromatic N) is 7. The molecular formula is C98H137N7. The van der Waals surface area contributed by atoms with Crippen LogP contribution in [0, 0.1) is 174 Å². The van der Waals surface area contributed by atoms with E-state index >= 15 is 0 Å². The number of aryl methyl sites for hydroxylation is 5. The quantitative estimate of drug-likeness (QED) is 0.164. The summed E-state index contributed by atoms with van der Waals surface area (Å²) >= 11 is 0. The number of benzene rings is 6. The number of pyridine rings is 1. The molecule has 6 saturated carbocycles. The minimum absolute atomic E-state index is 0.491. The molecule has 12 atom stereocenters. The van der Waals surface area contributed by atoms with E-state index in [2.05, 4.69) is 338 Å². The topological polar surface area (TPSA) is 32.3 Å². The molecule has 19 rings (SSSR count). The third-order valence-corrected chi connectivity index (χ3v) is 28.1. The highest BCUT2D eigenvalue weighted by atomic mass is 15.2. The first kappa shape index (κ1) is 75.3. The highest BCUT2D eigenvalue weighted by Gasteiger charge is 2.64. The summed E-state index contributed by atoms with van der Waals surface area (Å²) in [6, 6.07) is 55.8. The van der Waals surface area contributed by atoms with Gasteiger partial charge in [-0.2, -0.15) is 0 Å².